The molecule has 2 aromatic carbocycles. The third-order valence-corrected chi connectivity index (χ3v) is 4.29. The van der Waals surface area contributed by atoms with E-state index in [0.29, 0.717) is 0 Å². The van der Waals surface area contributed by atoms with E-state index in [0.717, 1.165) is 26.8 Å². The molecule has 1 heterocycles. The standard InChI is InChI=1S/C16H13ClN2OS/c1-19-15(11-5-7-12(17)8-6-11)10-21-16(19)18-13-3-2-4-14(20)9-13/h2-10,20H,1H3. The van der Waals surface area contributed by atoms with Crippen molar-refractivity contribution in [1.82, 2.24) is 4.57 Å². The molecule has 3 aromatic rings. The Morgan fingerprint density at radius 2 is 1.90 bits per heavy atom. The quantitative estimate of drug-likeness (QED) is 0.750. The van der Waals surface area contributed by atoms with Crippen molar-refractivity contribution in [2.24, 2.45) is 12.0 Å². The largest absolute Gasteiger partial charge is 0.508 e. The molecule has 5 heteroatoms. The summed E-state index contributed by atoms with van der Waals surface area (Å²) in [6, 6.07) is 14.6. The molecule has 0 radical (unpaired) electrons. The van der Waals surface area contributed by atoms with Crippen molar-refractivity contribution >= 4 is 28.6 Å². The number of phenols is 1. The van der Waals surface area contributed by atoms with E-state index >= 15 is 0 Å². The summed E-state index contributed by atoms with van der Waals surface area (Å²) in [5.74, 6) is 0.216. The first-order chi connectivity index (χ1) is 10.1. The highest BCUT2D eigenvalue weighted by molar-refractivity contribution is 7.07. The van der Waals surface area contributed by atoms with E-state index in [9.17, 15) is 5.11 Å². The van der Waals surface area contributed by atoms with Gasteiger partial charge in [-0.15, -0.1) is 11.3 Å². The normalized spacial score (nSPS) is 11.8. The van der Waals surface area contributed by atoms with Gasteiger partial charge >= 0.3 is 0 Å². The summed E-state index contributed by atoms with van der Waals surface area (Å²) in [5, 5.41) is 12.3. The van der Waals surface area contributed by atoms with E-state index in [-0.39, 0.29) is 5.75 Å². The second-order valence-corrected chi connectivity index (χ2v) is 5.87. The number of aromatic nitrogens is 1. The average molecular weight is 317 g/mol. The summed E-state index contributed by atoms with van der Waals surface area (Å²) in [6.07, 6.45) is 0. The van der Waals surface area contributed by atoms with Gasteiger partial charge in [-0.3, -0.25) is 0 Å². The Labute approximate surface area is 131 Å². The SMILES string of the molecule is Cn1c(-c2ccc(Cl)cc2)csc1=Nc1cccc(O)c1. The molecule has 3 rings (SSSR count). The second kappa shape index (κ2) is 5.76. The van der Waals surface area contributed by atoms with E-state index in [4.69, 9.17) is 11.6 Å². The molecule has 0 saturated carbocycles. The van der Waals surface area contributed by atoms with Crippen LogP contribution in [-0.2, 0) is 7.05 Å². The van der Waals surface area contributed by atoms with Crippen molar-refractivity contribution in [3.63, 3.8) is 0 Å². The van der Waals surface area contributed by atoms with E-state index in [2.05, 4.69) is 10.4 Å². The summed E-state index contributed by atoms with van der Waals surface area (Å²) in [6.45, 7) is 0. The zero-order valence-corrected chi connectivity index (χ0v) is 12.9. The van der Waals surface area contributed by atoms with Gasteiger partial charge in [-0.25, -0.2) is 4.99 Å². The van der Waals surface area contributed by atoms with Crippen molar-refractivity contribution in [3.05, 3.63) is 63.7 Å². The van der Waals surface area contributed by atoms with Crippen LogP contribution in [0.5, 0.6) is 5.75 Å². The third-order valence-electron chi connectivity index (χ3n) is 3.12. The molecule has 0 amide bonds. The molecule has 0 aliphatic carbocycles. The maximum absolute atomic E-state index is 9.49. The Hall–Kier alpha value is -2.04. The lowest BCUT2D eigenvalue weighted by Crippen LogP contribution is -2.10. The van der Waals surface area contributed by atoms with Crippen LogP contribution < -0.4 is 4.80 Å². The molecule has 0 bridgehead atoms. The molecule has 0 atom stereocenters. The minimum Gasteiger partial charge on any atom is -0.508 e. The van der Waals surface area contributed by atoms with Gasteiger partial charge in [0.05, 0.1) is 11.4 Å². The lowest BCUT2D eigenvalue weighted by molar-refractivity contribution is 0.475. The molecule has 106 valence electrons. The fraction of sp³-hybridized carbons (Fsp3) is 0.0625. The van der Waals surface area contributed by atoms with Gasteiger partial charge in [0.25, 0.3) is 0 Å². The number of rotatable bonds is 2. The zero-order valence-electron chi connectivity index (χ0n) is 11.3. The molecule has 3 nitrogen and oxygen atoms in total. The van der Waals surface area contributed by atoms with E-state index in [1.165, 1.54) is 0 Å². The smallest absolute Gasteiger partial charge is 0.190 e. The van der Waals surface area contributed by atoms with Gasteiger partial charge < -0.3 is 9.67 Å². The number of thiazole rings is 1. The van der Waals surface area contributed by atoms with Gasteiger partial charge in [0.15, 0.2) is 4.80 Å². The molecule has 0 unspecified atom stereocenters. The van der Waals surface area contributed by atoms with Gasteiger partial charge in [-0.1, -0.05) is 29.8 Å². The minimum absolute atomic E-state index is 0.216. The van der Waals surface area contributed by atoms with Crippen molar-refractivity contribution < 1.29 is 5.11 Å². The molecule has 0 aliphatic rings. The first-order valence-corrected chi connectivity index (χ1v) is 7.63. The number of hydrogen-bond donors (Lipinski definition) is 1. The highest BCUT2D eigenvalue weighted by Gasteiger charge is 2.04. The number of hydrogen-bond acceptors (Lipinski definition) is 3. The van der Waals surface area contributed by atoms with Crippen LogP contribution in [0.15, 0.2) is 58.9 Å². The minimum atomic E-state index is 0.216. The number of nitrogens with zero attached hydrogens (tertiary/aromatic N) is 2. The zero-order chi connectivity index (χ0) is 14.8. The van der Waals surface area contributed by atoms with Crippen molar-refractivity contribution in [2.75, 3.05) is 0 Å². The van der Waals surface area contributed by atoms with Crippen LogP contribution >= 0.6 is 22.9 Å². The molecule has 0 saturated heterocycles. The van der Waals surface area contributed by atoms with Crippen LogP contribution in [0.1, 0.15) is 0 Å². The lowest BCUT2D eigenvalue weighted by Gasteiger charge is -2.03. The van der Waals surface area contributed by atoms with Gasteiger partial charge in [0, 0.05) is 23.5 Å². The fourth-order valence-corrected chi connectivity index (χ4v) is 3.08. The Balaban J connectivity index is 2.05. The van der Waals surface area contributed by atoms with Crippen LogP contribution in [-0.4, -0.2) is 9.67 Å². The molecule has 1 aromatic heterocycles. The Bertz CT molecular complexity index is 834. The van der Waals surface area contributed by atoms with Crippen LogP contribution in [0, 0.1) is 0 Å². The molecule has 21 heavy (non-hydrogen) atoms. The highest BCUT2D eigenvalue weighted by atomic mass is 35.5. The predicted molar refractivity (Wildman–Crippen MR) is 87.1 cm³/mol. The van der Waals surface area contributed by atoms with Gasteiger partial charge in [0.1, 0.15) is 5.75 Å². The first-order valence-electron chi connectivity index (χ1n) is 6.38. The van der Waals surface area contributed by atoms with Crippen molar-refractivity contribution in [2.45, 2.75) is 0 Å². The summed E-state index contributed by atoms with van der Waals surface area (Å²) in [4.78, 5) is 5.43. The topological polar surface area (TPSA) is 37.5 Å². The molecule has 0 spiro atoms. The van der Waals surface area contributed by atoms with Crippen LogP contribution in [0.25, 0.3) is 11.3 Å². The van der Waals surface area contributed by atoms with E-state index in [1.807, 2.05) is 41.9 Å². The molecule has 0 aliphatic heterocycles. The summed E-state index contributed by atoms with van der Waals surface area (Å²) >= 11 is 7.48. The van der Waals surface area contributed by atoms with Crippen LogP contribution in [0.3, 0.4) is 0 Å². The fourth-order valence-electron chi connectivity index (χ4n) is 2.03. The average Bonchev–Trinajstić information content (AvgIpc) is 2.81. The van der Waals surface area contributed by atoms with Crippen molar-refractivity contribution in [3.8, 4) is 17.0 Å². The highest BCUT2D eigenvalue weighted by Crippen LogP contribution is 2.22. The maximum atomic E-state index is 9.49. The van der Waals surface area contributed by atoms with Crippen LogP contribution in [0.2, 0.25) is 5.02 Å². The summed E-state index contributed by atoms with van der Waals surface area (Å²) < 4.78 is 2.03. The molecule has 1 N–H and O–H groups in total. The second-order valence-electron chi connectivity index (χ2n) is 4.60. The molecular weight excluding hydrogens is 304 g/mol. The maximum Gasteiger partial charge on any atom is 0.190 e. The van der Waals surface area contributed by atoms with Gasteiger partial charge in [-0.2, -0.15) is 0 Å². The molecule has 0 fully saturated rings. The lowest BCUT2D eigenvalue weighted by atomic mass is 10.2. The van der Waals surface area contributed by atoms with Gasteiger partial charge in [-0.05, 0) is 29.8 Å². The van der Waals surface area contributed by atoms with Crippen molar-refractivity contribution in [1.29, 1.82) is 0 Å². The molecular formula is C16H13ClN2OS. The summed E-state index contributed by atoms with van der Waals surface area (Å²) in [7, 11) is 1.97. The Morgan fingerprint density at radius 3 is 2.62 bits per heavy atom. The monoisotopic (exact) mass is 316 g/mol. The number of halogens is 1. The third kappa shape index (κ3) is 3.01. The number of aromatic hydroxyl groups is 1. The van der Waals surface area contributed by atoms with Gasteiger partial charge in [0.2, 0.25) is 0 Å². The van der Waals surface area contributed by atoms with E-state index in [1.54, 1.807) is 29.5 Å². The number of phenolic OH excluding ortho intramolecular Hbond substituents is 1. The summed E-state index contributed by atoms with van der Waals surface area (Å²) in [5.41, 5.74) is 2.90. The van der Waals surface area contributed by atoms with Crippen LogP contribution in [0.4, 0.5) is 5.69 Å². The Kier molecular flexibility index (Phi) is 3.82. The van der Waals surface area contributed by atoms with E-state index < -0.39 is 0 Å². The number of benzene rings is 2. The first kappa shape index (κ1) is 13.9. The predicted octanol–water partition coefficient (Wildman–Crippen LogP) is 4.35. The Morgan fingerprint density at radius 1 is 1.14 bits per heavy atom.